The second kappa shape index (κ2) is 5.83. The maximum Gasteiger partial charge on any atom is 0.251 e. The highest BCUT2D eigenvalue weighted by molar-refractivity contribution is 5.95. The van der Waals surface area contributed by atoms with E-state index in [1.54, 1.807) is 19.1 Å². The minimum Gasteiger partial charge on any atom is -0.508 e. The lowest BCUT2D eigenvalue weighted by Gasteiger charge is -2.38. The van der Waals surface area contributed by atoms with E-state index in [9.17, 15) is 15.0 Å². The molecule has 1 amide bonds. The third kappa shape index (κ3) is 3.12. The van der Waals surface area contributed by atoms with Crippen molar-refractivity contribution in [1.82, 2.24) is 5.32 Å². The van der Waals surface area contributed by atoms with Gasteiger partial charge < -0.3 is 15.5 Å². The summed E-state index contributed by atoms with van der Waals surface area (Å²) in [5.74, 6) is 0.534. The molecule has 1 aromatic carbocycles. The average molecular weight is 277 g/mol. The van der Waals surface area contributed by atoms with Crippen molar-refractivity contribution in [3.63, 3.8) is 0 Å². The third-order valence-corrected chi connectivity index (χ3v) is 4.38. The fraction of sp³-hybridized carbons (Fsp3) is 0.562. The summed E-state index contributed by atoms with van der Waals surface area (Å²) in [5.41, 5.74) is 0.661. The zero-order valence-corrected chi connectivity index (χ0v) is 12.1. The van der Waals surface area contributed by atoms with Gasteiger partial charge in [0.1, 0.15) is 5.75 Å². The monoisotopic (exact) mass is 277 g/mol. The number of rotatable bonds is 3. The summed E-state index contributed by atoms with van der Waals surface area (Å²) in [6.07, 6.45) is 3.63. The van der Waals surface area contributed by atoms with Crippen molar-refractivity contribution in [1.29, 1.82) is 0 Å². The average Bonchev–Trinajstić information content (AvgIpc) is 2.44. The number of hydrogen-bond acceptors (Lipinski definition) is 3. The number of benzene rings is 1. The summed E-state index contributed by atoms with van der Waals surface area (Å²) in [5, 5.41) is 22.3. The van der Waals surface area contributed by atoms with Gasteiger partial charge in [0.25, 0.3) is 5.91 Å². The Labute approximate surface area is 119 Å². The molecule has 1 aliphatic rings. The van der Waals surface area contributed by atoms with E-state index in [1.807, 2.05) is 0 Å². The molecule has 1 saturated carbocycles. The van der Waals surface area contributed by atoms with Gasteiger partial charge in [-0.25, -0.2) is 0 Å². The molecular formula is C16H23NO3. The molecule has 0 heterocycles. The first-order chi connectivity index (χ1) is 9.46. The highest BCUT2D eigenvalue weighted by Crippen LogP contribution is 2.32. The number of aliphatic hydroxyl groups excluding tert-OH is 1. The smallest absolute Gasteiger partial charge is 0.251 e. The minimum atomic E-state index is -0.510. The summed E-state index contributed by atoms with van der Waals surface area (Å²) >= 11 is 0. The molecule has 4 heteroatoms. The fourth-order valence-electron chi connectivity index (χ4n) is 2.70. The number of hydrogen-bond donors (Lipinski definition) is 3. The van der Waals surface area contributed by atoms with Gasteiger partial charge in [-0.3, -0.25) is 4.79 Å². The van der Waals surface area contributed by atoms with Crippen molar-refractivity contribution in [2.45, 2.75) is 45.1 Å². The zero-order chi connectivity index (χ0) is 14.8. The van der Waals surface area contributed by atoms with Crippen LogP contribution in [0.3, 0.4) is 0 Å². The molecule has 1 aromatic rings. The first kappa shape index (κ1) is 14.9. The first-order valence-corrected chi connectivity index (χ1v) is 7.19. The van der Waals surface area contributed by atoms with E-state index >= 15 is 0 Å². The third-order valence-electron chi connectivity index (χ3n) is 4.38. The molecular weight excluding hydrogens is 254 g/mol. The quantitative estimate of drug-likeness (QED) is 0.794. The van der Waals surface area contributed by atoms with Crippen LogP contribution in [0.15, 0.2) is 18.2 Å². The largest absolute Gasteiger partial charge is 0.508 e. The molecule has 4 nitrogen and oxygen atoms in total. The maximum absolute atomic E-state index is 12.3. The number of phenolic OH excluding ortho intramolecular Hbond substituents is 1. The van der Waals surface area contributed by atoms with E-state index in [2.05, 4.69) is 12.2 Å². The molecule has 1 aliphatic carbocycles. The molecule has 0 bridgehead atoms. The molecule has 20 heavy (non-hydrogen) atoms. The van der Waals surface area contributed by atoms with Crippen LogP contribution in [-0.4, -0.2) is 28.3 Å². The van der Waals surface area contributed by atoms with E-state index in [-0.39, 0.29) is 18.3 Å². The Kier molecular flexibility index (Phi) is 4.33. The number of carbonyl (C=O) groups is 1. The minimum absolute atomic E-state index is 0.0384. The second-order valence-corrected chi connectivity index (χ2v) is 6.08. The summed E-state index contributed by atoms with van der Waals surface area (Å²) in [7, 11) is 0. The molecule has 3 N–H and O–H groups in total. The van der Waals surface area contributed by atoms with Crippen LogP contribution in [0.2, 0.25) is 0 Å². The predicted molar refractivity (Wildman–Crippen MR) is 77.8 cm³/mol. The van der Waals surface area contributed by atoms with E-state index in [4.69, 9.17) is 0 Å². The number of aromatic hydroxyl groups is 1. The number of aryl methyl sites for hydroxylation is 1. The van der Waals surface area contributed by atoms with E-state index in [1.165, 1.54) is 6.07 Å². The van der Waals surface area contributed by atoms with Crippen molar-refractivity contribution < 1.29 is 15.0 Å². The molecule has 1 fully saturated rings. The Bertz CT molecular complexity index is 490. The van der Waals surface area contributed by atoms with Crippen LogP contribution < -0.4 is 5.32 Å². The van der Waals surface area contributed by atoms with E-state index < -0.39 is 5.54 Å². The number of nitrogens with one attached hydrogen (secondary N) is 1. The number of carbonyl (C=O) groups excluding carboxylic acids is 1. The lowest BCUT2D eigenvalue weighted by molar-refractivity contribution is 0.0717. The second-order valence-electron chi connectivity index (χ2n) is 6.08. The SMILES string of the molecule is Cc1ccc(C(=O)NC2(CO)CCC(C)CC2)cc1O. The lowest BCUT2D eigenvalue weighted by Crippen LogP contribution is -2.53. The van der Waals surface area contributed by atoms with Crippen LogP contribution in [-0.2, 0) is 0 Å². The molecule has 110 valence electrons. The van der Waals surface area contributed by atoms with Gasteiger partial charge in [0, 0.05) is 5.56 Å². The van der Waals surface area contributed by atoms with Crippen molar-refractivity contribution >= 4 is 5.91 Å². The summed E-state index contributed by atoms with van der Waals surface area (Å²) in [4.78, 5) is 12.3. The molecule has 2 rings (SSSR count). The fourth-order valence-corrected chi connectivity index (χ4v) is 2.70. The topological polar surface area (TPSA) is 69.6 Å². The molecule has 0 atom stereocenters. The maximum atomic E-state index is 12.3. The van der Waals surface area contributed by atoms with Gasteiger partial charge in [0.05, 0.1) is 12.1 Å². The number of phenols is 1. The standard InChI is InChI=1S/C16H23NO3/c1-11-5-7-16(10-18,8-6-11)17-15(20)13-4-3-12(2)14(19)9-13/h3-4,9,11,18-19H,5-8,10H2,1-2H3,(H,17,20). The lowest BCUT2D eigenvalue weighted by atomic mass is 9.77. The Morgan fingerprint density at radius 3 is 2.60 bits per heavy atom. The van der Waals surface area contributed by atoms with Gasteiger partial charge in [-0.15, -0.1) is 0 Å². The van der Waals surface area contributed by atoms with Crippen molar-refractivity contribution in [2.75, 3.05) is 6.61 Å². The Balaban J connectivity index is 2.11. The van der Waals surface area contributed by atoms with Gasteiger partial charge in [-0.2, -0.15) is 0 Å². The highest BCUT2D eigenvalue weighted by Gasteiger charge is 2.35. The van der Waals surface area contributed by atoms with Crippen molar-refractivity contribution in [3.8, 4) is 5.75 Å². The Hall–Kier alpha value is -1.55. The summed E-state index contributed by atoms with van der Waals surface area (Å²) in [6, 6.07) is 4.89. The summed E-state index contributed by atoms with van der Waals surface area (Å²) in [6.45, 7) is 3.94. The van der Waals surface area contributed by atoms with E-state index in [0.717, 1.165) is 31.2 Å². The van der Waals surface area contributed by atoms with Crippen molar-refractivity contribution in [3.05, 3.63) is 29.3 Å². The first-order valence-electron chi connectivity index (χ1n) is 7.19. The normalized spacial score (nSPS) is 26.2. The molecule has 0 spiro atoms. The van der Waals surface area contributed by atoms with Crippen molar-refractivity contribution in [2.24, 2.45) is 5.92 Å². The van der Waals surface area contributed by atoms with Crippen LogP contribution in [0, 0.1) is 12.8 Å². The molecule has 0 aromatic heterocycles. The van der Waals surface area contributed by atoms with Crippen LogP contribution in [0.4, 0.5) is 0 Å². The highest BCUT2D eigenvalue weighted by atomic mass is 16.3. The van der Waals surface area contributed by atoms with Gasteiger partial charge >= 0.3 is 0 Å². The van der Waals surface area contributed by atoms with Gasteiger partial charge in [0.2, 0.25) is 0 Å². The number of amides is 1. The van der Waals surface area contributed by atoms with Gasteiger partial charge in [0.15, 0.2) is 0 Å². The van der Waals surface area contributed by atoms with E-state index in [0.29, 0.717) is 11.5 Å². The van der Waals surface area contributed by atoms with Crippen LogP contribution >= 0.6 is 0 Å². The van der Waals surface area contributed by atoms with Crippen LogP contribution in [0.1, 0.15) is 48.5 Å². The molecule has 0 radical (unpaired) electrons. The summed E-state index contributed by atoms with van der Waals surface area (Å²) < 4.78 is 0. The molecule has 0 unspecified atom stereocenters. The zero-order valence-electron chi connectivity index (χ0n) is 12.1. The van der Waals surface area contributed by atoms with Crippen LogP contribution in [0.5, 0.6) is 5.75 Å². The van der Waals surface area contributed by atoms with Gasteiger partial charge in [-0.1, -0.05) is 13.0 Å². The predicted octanol–water partition coefficient (Wildman–Crippen LogP) is 2.37. The van der Waals surface area contributed by atoms with Gasteiger partial charge in [-0.05, 0) is 56.2 Å². The Morgan fingerprint density at radius 2 is 2.05 bits per heavy atom. The molecule has 0 aliphatic heterocycles. The molecule has 0 saturated heterocycles. The van der Waals surface area contributed by atoms with Crippen LogP contribution in [0.25, 0.3) is 0 Å². The number of aliphatic hydroxyl groups is 1. The Morgan fingerprint density at radius 1 is 1.40 bits per heavy atom.